The van der Waals surface area contributed by atoms with Crippen molar-refractivity contribution in [3.05, 3.63) is 57.1 Å². The summed E-state index contributed by atoms with van der Waals surface area (Å²) in [5.74, 6) is 0. The maximum absolute atomic E-state index is 10.6. The first-order valence-corrected chi connectivity index (χ1v) is 5.92. The predicted molar refractivity (Wildman–Crippen MR) is 74.9 cm³/mol. The molecule has 0 saturated carbocycles. The average Bonchev–Trinajstić information content (AvgIpc) is 2.34. The lowest BCUT2D eigenvalue weighted by Gasteiger charge is -2.09. The summed E-state index contributed by atoms with van der Waals surface area (Å²) < 4.78 is 0.977. The minimum absolute atomic E-state index is 0.0196. The van der Waals surface area contributed by atoms with Crippen LogP contribution in [0.3, 0.4) is 0 Å². The molecule has 0 heterocycles. The first-order chi connectivity index (χ1) is 8.56. The number of non-ortho nitro benzene ring substituents is 1. The van der Waals surface area contributed by atoms with Gasteiger partial charge in [0, 0.05) is 22.3 Å². The molecule has 92 valence electrons. The zero-order valence-electron chi connectivity index (χ0n) is 9.26. The molecule has 0 atom stereocenters. The van der Waals surface area contributed by atoms with E-state index in [1.165, 1.54) is 12.1 Å². The van der Waals surface area contributed by atoms with Crippen molar-refractivity contribution in [3.63, 3.8) is 0 Å². The number of nitro groups is 1. The molecule has 6 heteroatoms. The van der Waals surface area contributed by atoms with E-state index in [-0.39, 0.29) is 5.69 Å². The monoisotopic (exact) mass is 307 g/mol. The Morgan fingerprint density at radius 3 is 2.39 bits per heavy atom. The van der Waals surface area contributed by atoms with E-state index >= 15 is 0 Å². The summed E-state index contributed by atoms with van der Waals surface area (Å²) in [5.41, 5.74) is 7.58. The molecule has 0 spiro atoms. The van der Waals surface area contributed by atoms with Crippen molar-refractivity contribution in [2.45, 2.75) is 0 Å². The second-order valence-corrected chi connectivity index (χ2v) is 4.58. The van der Waals surface area contributed by atoms with Crippen LogP contribution < -0.4 is 11.1 Å². The molecular weight excluding hydrogens is 298 g/mol. The van der Waals surface area contributed by atoms with Crippen molar-refractivity contribution < 1.29 is 4.92 Å². The van der Waals surface area contributed by atoms with Gasteiger partial charge >= 0.3 is 0 Å². The van der Waals surface area contributed by atoms with Gasteiger partial charge in [-0.3, -0.25) is 10.1 Å². The predicted octanol–water partition coefficient (Wildman–Crippen LogP) is 3.68. The minimum Gasteiger partial charge on any atom is -0.397 e. The molecule has 0 amide bonds. The Labute approximate surface area is 112 Å². The van der Waals surface area contributed by atoms with Gasteiger partial charge in [-0.05, 0) is 30.3 Å². The van der Waals surface area contributed by atoms with Crippen LogP contribution in [0.1, 0.15) is 0 Å². The van der Waals surface area contributed by atoms with Crippen LogP contribution in [0.15, 0.2) is 46.9 Å². The summed E-state index contributed by atoms with van der Waals surface area (Å²) in [5, 5.41) is 13.7. The number of nitro benzene ring substituents is 1. The molecule has 0 radical (unpaired) electrons. The van der Waals surface area contributed by atoms with Gasteiger partial charge < -0.3 is 11.1 Å². The number of hydrogen-bond donors (Lipinski definition) is 2. The Kier molecular flexibility index (Phi) is 3.47. The lowest BCUT2D eigenvalue weighted by molar-refractivity contribution is -0.384. The Hall–Kier alpha value is -2.08. The first kappa shape index (κ1) is 12.4. The quantitative estimate of drug-likeness (QED) is 0.515. The molecule has 2 aromatic rings. The largest absolute Gasteiger partial charge is 0.397 e. The van der Waals surface area contributed by atoms with E-state index in [1.807, 2.05) is 24.3 Å². The normalized spacial score (nSPS) is 10.1. The van der Waals surface area contributed by atoms with E-state index in [2.05, 4.69) is 21.2 Å². The van der Waals surface area contributed by atoms with Crippen LogP contribution in [0, 0.1) is 10.1 Å². The van der Waals surface area contributed by atoms with Crippen molar-refractivity contribution in [2.75, 3.05) is 11.1 Å². The summed E-state index contributed by atoms with van der Waals surface area (Å²) >= 11 is 3.34. The van der Waals surface area contributed by atoms with Crippen molar-refractivity contribution in [3.8, 4) is 0 Å². The SMILES string of the molecule is Nc1cc([N+](=O)[O-])ccc1Nc1ccc(Br)cc1. The maximum Gasteiger partial charge on any atom is 0.271 e. The first-order valence-electron chi connectivity index (χ1n) is 5.13. The Morgan fingerprint density at radius 2 is 1.83 bits per heavy atom. The molecule has 5 nitrogen and oxygen atoms in total. The summed E-state index contributed by atoms with van der Waals surface area (Å²) in [6.45, 7) is 0. The van der Waals surface area contributed by atoms with E-state index in [0.717, 1.165) is 10.2 Å². The van der Waals surface area contributed by atoms with Crippen molar-refractivity contribution in [2.24, 2.45) is 0 Å². The topological polar surface area (TPSA) is 81.2 Å². The molecule has 0 unspecified atom stereocenters. The molecule has 3 N–H and O–H groups in total. The van der Waals surface area contributed by atoms with Gasteiger partial charge in [-0.15, -0.1) is 0 Å². The Morgan fingerprint density at radius 1 is 1.17 bits per heavy atom. The van der Waals surface area contributed by atoms with Crippen LogP contribution in [0.2, 0.25) is 0 Å². The molecule has 0 aliphatic rings. The summed E-state index contributed by atoms with van der Waals surface area (Å²) in [6.07, 6.45) is 0. The molecule has 0 saturated heterocycles. The lowest BCUT2D eigenvalue weighted by Crippen LogP contribution is -1.97. The Bertz CT molecular complexity index is 584. The number of halogens is 1. The summed E-state index contributed by atoms with van der Waals surface area (Å²) in [6, 6.07) is 11.9. The zero-order chi connectivity index (χ0) is 13.1. The average molecular weight is 308 g/mol. The van der Waals surface area contributed by atoms with Gasteiger partial charge in [-0.1, -0.05) is 15.9 Å². The van der Waals surface area contributed by atoms with E-state index in [0.29, 0.717) is 11.4 Å². The van der Waals surface area contributed by atoms with Crippen molar-refractivity contribution in [1.29, 1.82) is 0 Å². The van der Waals surface area contributed by atoms with E-state index in [9.17, 15) is 10.1 Å². The number of rotatable bonds is 3. The van der Waals surface area contributed by atoms with E-state index in [1.54, 1.807) is 6.07 Å². The third-order valence-corrected chi connectivity index (χ3v) is 2.90. The molecule has 0 bridgehead atoms. The molecule has 2 aromatic carbocycles. The van der Waals surface area contributed by atoms with Crippen molar-refractivity contribution >= 4 is 38.7 Å². The van der Waals surface area contributed by atoms with Crippen LogP contribution in [0.25, 0.3) is 0 Å². The Balaban J connectivity index is 2.24. The van der Waals surface area contributed by atoms with Gasteiger partial charge in [-0.25, -0.2) is 0 Å². The van der Waals surface area contributed by atoms with Crippen LogP contribution in [0.5, 0.6) is 0 Å². The molecule has 0 aliphatic carbocycles. The molecule has 2 rings (SSSR count). The highest BCUT2D eigenvalue weighted by atomic mass is 79.9. The highest BCUT2D eigenvalue weighted by Crippen LogP contribution is 2.27. The third-order valence-electron chi connectivity index (χ3n) is 2.37. The molecular formula is C12H10BrN3O2. The van der Waals surface area contributed by atoms with Gasteiger partial charge in [0.2, 0.25) is 0 Å². The number of hydrogen-bond acceptors (Lipinski definition) is 4. The van der Waals surface area contributed by atoms with Crippen LogP contribution in [0.4, 0.5) is 22.7 Å². The van der Waals surface area contributed by atoms with Gasteiger partial charge in [0.25, 0.3) is 5.69 Å². The molecule has 0 aromatic heterocycles. The second-order valence-electron chi connectivity index (χ2n) is 3.66. The number of nitrogens with two attached hydrogens (primary N) is 1. The van der Waals surface area contributed by atoms with Crippen molar-refractivity contribution in [1.82, 2.24) is 0 Å². The zero-order valence-corrected chi connectivity index (χ0v) is 10.8. The maximum atomic E-state index is 10.6. The van der Waals surface area contributed by atoms with E-state index in [4.69, 9.17) is 5.73 Å². The van der Waals surface area contributed by atoms with Crippen LogP contribution in [-0.4, -0.2) is 4.92 Å². The fourth-order valence-corrected chi connectivity index (χ4v) is 1.73. The highest BCUT2D eigenvalue weighted by Gasteiger charge is 2.08. The molecule has 0 fully saturated rings. The van der Waals surface area contributed by atoms with Gasteiger partial charge in [-0.2, -0.15) is 0 Å². The number of nitrogen functional groups attached to an aromatic ring is 1. The lowest BCUT2D eigenvalue weighted by atomic mass is 10.2. The highest BCUT2D eigenvalue weighted by molar-refractivity contribution is 9.10. The van der Waals surface area contributed by atoms with Crippen LogP contribution in [-0.2, 0) is 0 Å². The number of benzene rings is 2. The minimum atomic E-state index is -0.472. The third kappa shape index (κ3) is 2.78. The second kappa shape index (κ2) is 5.05. The standard InChI is InChI=1S/C12H10BrN3O2/c13-8-1-3-9(4-2-8)15-12-6-5-10(16(17)18)7-11(12)14/h1-7,15H,14H2. The number of nitrogens with one attached hydrogen (secondary N) is 1. The number of anilines is 3. The summed E-state index contributed by atoms with van der Waals surface area (Å²) in [4.78, 5) is 10.1. The fraction of sp³-hybridized carbons (Fsp3) is 0. The van der Waals surface area contributed by atoms with Gasteiger partial charge in [0.05, 0.1) is 16.3 Å². The molecule has 18 heavy (non-hydrogen) atoms. The molecule has 0 aliphatic heterocycles. The fourth-order valence-electron chi connectivity index (χ4n) is 1.47. The number of nitrogens with zero attached hydrogens (tertiary/aromatic N) is 1. The van der Waals surface area contributed by atoms with Gasteiger partial charge in [0.15, 0.2) is 0 Å². The van der Waals surface area contributed by atoms with E-state index < -0.39 is 4.92 Å². The summed E-state index contributed by atoms with van der Waals surface area (Å²) in [7, 11) is 0. The smallest absolute Gasteiger partial charge is 0.271 e. The van der Waals surface area contributed by atoms with Crippen LogP contribution >= 0.6 is 15.9 Å². The van der Waals surface area contributed by atoms with Gasteiger partial charge in [0.1, 0.15) is 0 Å².